The molecule has 96 valence electrons. The van der Waals surface area contributed by atoms with Gasteiger partial charge in [0.15, 0.2) is 0 Å². The topological polar surface area (TPSA) is 76.7 Å². The number of nitrogens with one attached hydrogen (secondary N) is 1. The molecule has 0 fully saturated rings. The maximum Gasteiger partial charge on any atom is 0.284 e. The Hall–Kier alpha value is -1.76. The highest BCUT2D eigenvalue weighted by molar-refractivity contribution is 7.71. The summed E-state index contributed by atoms with van der Waals surface area (Å²) in [6, 6.07) is 1.69. The van der Waals surface area contributed by atoms with Gasteiger partial charge in [-0.3, -0.25) is 4.79 Å². The summed E-state index contributed by atoms with van der Waals surface area (Å²) in [4.78, 5) is 12.2. The normalized spacial score (nSPS) is 11.8. The van der Waals surface area contributed by atoms with E-state index in [0.717, 1.165) is 5.69 Å². The monoisotopic (exact) mass is 266 g/mol. The number of aromatic nitrogens is 4. The summed E-state index contributed by atoms with van der Waals surface area (Å²) < 4.78 is 6.46. The summed E-state index contributed by atoms with van der Waals surface area (Å²) in [6.45, 7) is 6.05. The van der Waals surface area contributed by atoms with Gasteiger partial charge in [-0.2, -0.15) is 5.10 Å². The molecule has 0 atom stereocenters. The third kappa shape index (κ3) is 2.26. The molecule has 0 saturated heterocycles. The van der Waals surface area contributed by atoms with Gasteiger partial charge < -0.3 is 4.42 Å². The molecule has 0 aromatic carbocycles. The van der Waals surface area contributed by atoms with E-state index in [-0.39, 0.29) is 21.7 Å². The van der Waals surface area contributed by atoms with Crippen LogP contribution in [0.1, 0.15) is 26.5 Å². The highest BCUT2D eigenvalue weighted by Crippen LogP contribution is 2.22. The number of rotatable bonds is 1. The highest BCUT2D eigenvalue weighted by atomic mass is 32.1. The molecular formula is C11H14N4O2S. The summed E-state index contributed by atoms with van der Waals surface area (Å²) >= 11 is 4.81. The minimum absolute atomic E-state index is 0.140. The van der Waals surface area contributed by atoms with Gasteiger partial charge in [-0.05, 0) is 18.3 Å². The van der Waals surface area contributed by atoms with Crippen molar-refractivity contribution >= 4 is 12.2 Å². The number of hydrogen-bond donors (Lipinski definition) is 1. The van der Waals surface area contributed by atoms with E-state index in [9.17, 15) is 4.79 Å². The number of nitrogens with zero attached hydrogens (tertiary/aromatic N) is 3. The summed E-state index contributed by atoms with van der Waals surface area (Å²) in [7, 11) is 1.60. The van der Waals surface area contributed by atoms with E-state index in [2.05, 4.69) is 15.3 Å². The lowest BCUT2D eigenvalue weighted by Crippen LogP contribution is -2.26. The lowest BCUT2D eigenvalue weighted by Gasteiger charge is -2.18. The summed E-state index contributed by atoms with van der Waals surface area (Å²) in [6.07, 6.45) is 0. The van der Waals surface area contributed by atoms with E-state index in [1.54, 1.807) is 13.1 Å². The maximum absolute atomic E-state index is 12.0. The Morgan fingerprint density at radius 1 is 1.44 bits per heavy atom. The van der Waals surface area contributed by atoms with Gasteiger partial charge in [-0.25, -0.2) is 9.78 Å². The zero-order valence-corrected chi connectivity index (χ0v) is 11.5. The molecule has 2 aromatic rings. The van der Waals surface area contributed by atoms with Gasteiger partial charge in [0.1, 0.15) is 5.56 Å². The van der Waals surface area contributed by atoms with Crippen molar-refractivity contribution in [2.75, 3.05) is 0 Å². The highest BCUT2D eigenvalue weighted by Gasteiger charge is 2.20. The van der Waals surface area contributed by atoms with E-state index < -0.39 is 0 Å². The fourth-order valence-corrected chi connectivity index (χ4v) is 1.60. The first kappa shape index (κ1) is 12.7. The number of H-pyrrole nitrogens is 1. The molecule has 0 aliphatic carbocycles. The van der Waals surface area contributed by atoms with Crippen LogP contribution >= 0.6 is 12.2 Å². The van der Waals surface area contributed by atoms with Gasteiger partial charge in [0.25, 0.3) is 16.3 Å². The Morgan fingerprint density at radius 2 is 2.11 bits per heavy atom. The summed E-state index contributed by atoms with van der Waals surface area (Å²) in [5.41, 5.74) is 0.689. The fraction of sp³-hybridized carbons (Fsp3) is 0.455. The van der Waals surface area contributed by atoms with Crippen LogP contribution < -0.4 is 5.56 Å². The first-order valence-electron chi connectivity index (χ1n) is 5.44. The lowest BCUT2D eigenvalue weighted by atomic mass is 9.91. The largest absolute Gasteiger partial charge is 0.409 e. The van der Waals surface area contributed by atoms with E-state index >= 15 is 0 Å². The van der Waals surface area contributed by atoms with Crippen LogP contribution in [0, 0.1) is 4.84 Å². The van der Waals surface area contributed by atoms with Gasteiger partial charge in [-0.15, -0.1) is 5.10 Å². The van der Waals surface area contributed by atoms with Crippen molar-refractivity contribution < 1.29 is 4.42 Å². The minimum atomic E-state index is -0.270. The number of aromatic amines is 1. The van der Waals surface area contributed by atoms with Crippen LogP contribution in [0.25, 0.3) is 11.5 Å². The van der Waals surface area contributed by atoms with Gasteiger partial charge in [0, 0.05) is 12.5 Å². The van der Waals surface area contributed by atoms with Crippen LogP contribution in [0.3, 0.4) is 0 Å². The van der Waals surface area contributed by atoms with Crippen molar-refractivity contribution in [2.24, 2.45) is 7.05 Å². The smallest absolute Gasteiger partial charge is 0.284 e. The van der Waals surface area contributed by atoms with E-state index in [4.69, 9.17) is 16.6 Å². The van der Waals surface area contributed by atoms with Crippen molar-refractivity contribution in [3.05, 3.63) is 27.0 Å². The third-order valence-electron chi connectivity index (χ3n) is 2.50. The fourth-order valence-electron chi connectivity index (χ4n) is 1.47. The lowest BCUT2D eigenvalue weighted by molar-refractivity contribution is 0.524. The van der Waals surface area contributed by atoms with Gasteiger partial charge in [-0.1, -0.05) is 20.8 Å². The predicted octanol–water partition coefficient (Wildman–Crippen LogP) is 1.79. The molecule has 0 amide bonds. The van der Waals surface area contributed by atoms with Crippen LogP contribution in [0.4, 0.5) is 0 Å². The third-order valence-corrected chi connectivity index (χ3v) is 2.67. The molecule has 6 nitrogen and oxygen atoms in total. The molecule has 0 bridgehead atoms. The van der Waals surface area contributed by atoms with Gasteiger partial charge >= 0.3 is 0 Å². The molecule has 2 heterocycles. The minimum Gasteiger partial charge on any atom is -0.409 e. The molecule has 2 rings (SSSR count). The molecule has 0 radical (unpaired) electrons. The Labute approximate surface area is 109 Å². The molecular weight excluding hydrogens is 252 g/mol. The Kier molecular flexibility index (Phi) is 2.94. The quantitative estimate of drug-likeness (QED) is 0.796. The standard InChI is InChI=1S/C11H14N4O2S/c1-11(2,3)7-5-6(9(16)15(4)14-7)8-12-13-10(18)17-8/h5H,1-4H3,(H,13,18). The van der Waals surface area contributed by atoms with Crippen LogP contribution in [-0.4, -0.2) is 20.0 Å². The van der Waals surface area contributed by atoms with Crippen molar-refractivity contribution in [3.8, 4) is 11.5 Å². The molecule has 7 heteroatoms. The van der Waals surface area contributed by atoms with Crippen LogP contribution in [0.15, 0.2) is 15.3 Å². The first-order chi connectivity index (χ1) is 8.29. The molecule has 0 spiro atoms. The van der Waals surface area contributed by atoms with E-state index in [0.29, 0.717) is 5.56 Å². The zero-order valence-electron chi connectivity index (χ0n) is 10.6. The molecule has 0 aliphatic heterocycles. The summed E-state index contributed by atoms with van der Waals surface area (Å²) in [5, 5.41) is 10.6. The average Bonchev–Trinajstić information content (AvgIpc) is 2.67. The number of hydrogen-bond acceptors (Lipinski definition) is 5. The average molecular weight is 266 g/mol. The van der Waals surface area contributed by atoms with Gasteiger partial charge in [0.05, 0.1) is 5.69 Å². The van der Waals surface area contributed by atoms with Crippen LogP contribution in [0.5, 0.6) is 0 Å². The Morgan fingerprint density at radius 3 is 2.61 bits per heavy atom. The Bertz CT molecular complexity index is 690. The molecule has 0 unspecified atom stereocenters. The molecule has 0 aliphatic rings. The summed E-state index contributed by atoms with van der Waals surface area (Å²) in [5.74, 6) is 0.188. The Balaban J connectivity index is 2.71. The zero-order chi connectivity index (χ0) is 13.5. The van der Waals surface area contributed by atoms with Crippen molar-refractivity contribution in [3.63, 3.8) is 0 Å². The van der Waals surface area contributed by atoms with Crippen LogP contribution in [0.2, 0.25) is 0 Å². The molecule has 18 heavy (non-hydrogen) atoms. The second-order valence-electron chi connectivity index (χ2n) is 5.04. The number of aryl methyl sites for hydroxylation is 1. The molecule has 1 N–H and O–H groups in total. The molecule has 2 aromatic heterocycles. The van der Waals surface area contributed by atoms with E-state index in [1.165, 1.54) is 4.68 Å². The van der Waals surface area contributed by atoms with Crippen LogP contribution in [-0.2, 0) is 12.5 Å². The van der Waals surface area contributed by atoms with Crippen molar-refractivity contribution in [2.45, 2.75) is 26.2 Å². The predicted molar refractivity (Wildman–Crippen MR) is 68.9 cm³/mol. The second-order valence-corrected chi connectivity index (χ2v) is 5.41. The first-order valence-corrected chi connectivity index (χ1v) is 5.84. The van der Waals surface area contributed by atoms with Crippen molar-refractivity contribution in [1.82, 2.24) is 20.0 Å². The maximum atomic E-state index is 12.0. The van der Waals surface area contributed by atoms with Gasteiger partial charge in [0.2, 0.25) is 0 Å². The second kappa shape index (κ2) is 4.16. The molecule has 0 saturated carbocycles. The van der Waals surface area contributed by atoms with E-state index in [1.807, 2.05) is 20.8 Å². The van der Waals surface area contributed by atoms with Crippen molar-refractivity contribution in [1.29, 1.82) is 0 Å². The SMILES string of the molecule is Cn1nc(C(C)(C)C)cc(-c2n[nH]c(=S)o2)c1=O.